The molecule has 0 aromatic rings. The van der Waals surface area contributed by atoms with E-state index in [2.05, 4.69) is 10.6 Å². The van der Waals surface area contributed by atoms with Gasteiger partial charge in [0.05, 0.1) is 6.10 Å². The van der Waals surface area contributed by atoms with Gasteiger partial charge in [-0.1, -0.05) is 0 Å². The van der Waals surface area contributed by atoms with Crippen LogP contribution in [0.5, 0.6) is 0 Å². The van der Waals surface area contributed by atoms with E-state index in [1.165, 1.54) is 6.92 Å². The summed E-state index contributed by atoms with van der Waals surface area (Å²) in [7, 11) is 0. The first kappa shape index (κ1) is 11.8. The van der Waals surface area contributed by atoms with Gasteiger partial charge in [0.15, 0.2) is 6.04 Å². The summed E-state index contributed by atoms with van der Waals surface area (Å²) in [6.07, 6.45) is 1.10. The molecule has 0 aliphatic heterocycles. The number of amides is 2. The summed E-state index contributed by atoms with van der Waals surface area (Å²) in [6.45, 7) is 1.89. The number of carbonyl (C=O) groups excluding carboxylic acids is 1. The zero-order valence-electron chi connectivity index (χ0n) is 8.56. The number of carbonyl (C=O) groups is 2. The van der Waals surface area contributed by atoms with Crippen LogP contribution in [0.4, 0.5) is 4.79 Å². The Bertz CT molecular complexity index is 250. The molecule has 15 heavy (non-hydrogen) atoms. The Morgan fingerprint density at radius 1 is 1.47 bits per heavy atom. The zero-order chi connectivity index (χ0) is 11.4. The van der Waals surface area contributed by atoms with Gasteiger partial charge in [0.25, 0.3) is 0 Å². The number of hydrogen-bond donors (Lipinski definition) is 4. The quantitative estimate of drug-likeness (QED) is 0.499. The molecule has 0 spiro atoms. The second-order valence-electron chi connectivity index (χ2n) is 3.85. The molecule has 6 heteroatoms. The minimum absolute atomic E-state index is 0.533. The Labute approximate surface area is 87.7 Å². The number of hydrogen-bond acceptors (Lipinski definition) is 3. The van der Waals surface area contributed by atoms with Crippen LogP contribution in [0.1, 0.15) is 19.8 Å². The highest BCUT2D eigenvalue weighted by Gasteiger charge is 2.26. The number of aliphatic carboxylic acids is 1. The molecule has 0 heterocycles. The number of urea groups is 1. The molecule has 1 fully saturated rings. The van der Waals surface area contributed by atoms with E-state index >= 15 is 0 Å². The molecule has 1 aliphatic carbocycles. The maximum Gasteiger partial charge on any atom is 0.328 e. The van der Waals surface area contributed by atoms with Gasteiger partial charge in [0.1, 0.15) is 0 Å². The molecule has 0 unspecified atom stereocenters. The minimum Gasteiger partial charge on any atom is -0.480 e. The molecule has 1 rings (SSSR count). The summed E-state index contributed by atoms with van der Waals surface area (Å²) in [5.41, 5.74) is 0. The number of carboxylic acids is 1. The van der Waals surface area contributed by atoms with Crippen molar-refractivity contribution in [1.29, 1.82) is 0 Å². The molecule has 4 N–H and O–H groups in total. The van der Waals surface area contributed by atoms with Crippen LogP contribution in [0, 0.1) is 5.92 Å². The van der Waals surface area contributed by atoms with Crippen molar-refractivity contribution in [1.82, 2.24) is 10.6 Å². The lowest BCUT2D eigenvalue weighted by atomic mass is 10.2. The summed E-state index contributed by atoms with van der Waals surface area (Å²) in [5.74, 6) is -0.711. The fourth-order valence-electron chi connectivity index (χ4n) is 1.14. The normalized spacial score (nSPS) is 19.1. The van der Waals surface area contributed by atoms with E-state index in [0.717, 1.165) is 12.8 Å². The Kier molecular flexibility index (Phi) is 3.90. The van der Waals surface area contributed by atoms with Crippen molar-refractivity contribution in [3.05, 3.63) is 0 Å². The van der Waals surface area contributed by atoms with Crippen molar-refractivity contribution in [2.75, 3.05) is 6.54 Å². The molecule has 0 aromatic carbocycles. The predicted octanol–water partition coefficient (Wildman–Crippen LogP) is -0.470. The average molecular weight is 216 g/mol. The first-order valence-corrected chi connectivity index (χ1v) is 4.96. The first-order chi connectivity index (χ1) is 7.00. The Balaban J connectivity index is 2.28. The maximum absolute atomic E-state index is 11.2. The van der Waals surface area contributed by atoms with Gasteiger partial charge in [-0.2, -0.15) is 0 Å². The van der Waals surface area contributed by atoms with Crippen LogP contribution in [0.2, 0.25) is 0 Å². The third-order valence-electron chi connectivity index (χ3n) is 2.28. The van der Waals surface area contributed by atoms with Gasteiger partial charge in [-0.15, -0.1) is 0 Å². The first-order valence-electron chi connectivity index (χ1n) is 4.96. The van der Waals surface area contributed by atoms with E-state index < -0.39 is 24.1 Å². The molecule has 0 aromatic heterocycles. The van der Waals surface area contributed by atoms with Crippen molar-refractivity contribution in [3.63, 3.8) is 0 Å². The van der Waals surface area contributed by atoms with Crippen molar-refractivity contribution >= 4 is 12.0 Å². The van der Waals surface area contributed by atoms with Crippen molar-refractivity contribution in [3.8, 4) is 0 Å². The van der Waals surface area contributed by atoms with Crippen LogP contribution < -0.4 is 10.6 Å². The van der Waals surface area contributed by atoms with Gasteiger partial charge in [-0.3, -0.25) is 0 Å². The molecule has 1 saturated carbocycles. The maximum atomic E-state index is 11.2. The molecular weight excluding hydrogens is 200 g/mol. The smallest absolute Gasteiger partial charge is 0.328 e. The zero-order valence-corrected chi connectivity index (χ0v) is 8.56. The monoisotopic (exact) mass is 216 g/mol. The van der Waals surface area contributed by atoms with E-state index in [4.69, 9.17) is 10.2 Å². The van der Waals surface area contributed by atoms with Gasteiger partial charge in [-0.25, -0.2) is 9.59 Å². The third-order valence-corrected chi connectivity index (χ3v) is 2.28. The second kappa shape index (κ2) is 4.97. The SMILES string of the molecule is C[C@@H](O)[C@H](NC(=O)NCC1CC1)C(=O)O. The number of nitrogens with one attached hydrogen (secondary N) is 2. The molecule has 2 atom stereocenters. The third kappa shape index (κ3) is 4.16. The minimum atomic E-state index is -1.26. The molecular formula is C9H16N2O4. The van der Waals surface area contributed by atoms with E-state index in [-0.39, 0.29) is 0 Å². The molecule has 0 radical (unpaired) electrons. The Hall–Kier alpha value is -1.30. The van der Waals surface area contributed by atoms with Crippen LogP contribution in [0.15, 0.2) is 0 Å². The van der Waals surface area contributed by atoms with E-state index in [1.54, 1.807) is 0 Å². The summed E-state index contributed by atoms with van der Waals surface area (Å²) >= 11 is 0. The van der Waals surface area contributed by atoms with E-state index in [0.29, 0.717) is 12.5 Å². The lowest BCUT2D eigenvalue weighted by Crippen LogP contribution is -2.51. The van der Waals surface area contributed by atoms with Gasteiger partial charge < -0.3 is 20.8 Å². The molecule has 6 nitrogen and oxygen atoms in total. The van der Waals surface area contributed by atoms with Gasteiger partial charge in [0.2, 0.25) is 0 Å². The Morgan fingerprint density at radius 3 is 2.47 bits per heavy atom. The van der Waals surface area contributed by atoms with Crippen molar-refractivity contribution in [2.24, 2.45) is 5.92 Å². The van der Waals surface area contributed by atoms with Crippen LogP contribution in [-0.2, 0) is 4.79 Å². The lowest BCUT2D eigenvalue weighted by molar-refractivity contribution is -0.141. The number of rotatable bonds is 5. The van der Waals surface area contributed by atoms with Gasteiger partial charge in [0, 0.05) is 6.54 Å². The molecule has 0 bridgehead atoms. The average Bonchev–Trinajstić information content (AvgIpc) is 2.93. The van der Waals surface area contributed by atoms with Crippen molar-refractivity contribution in [2.45, 2.75) is 31.9 Å². The number of carboxylic acid groups (broad SMARTS) is 1. The van der Waals surface area contributed by atoms with Gasteiger partial charge >= 0.3 is 12.0 Å². The van der Waals surface area contributed by atoms with Gasteiger partial charge in [-0.05, 0) is 25.7 Å². The topological polar surface area (TPSA) is 98.7 Å². The molecule has 0 saturated heterocycles. The van der Waals surface area contributed by atoms with Crippen LogP contribution in [-0.4, -0.2) is 40.9 Å². The highest BCUT2D eigenvalue weighted by Crippen LogP contribution is 2.27. The number of aliphatic hydroxyl groups is 1. The van der Waals surface area contributed by atoms with Crippen LogP contribution in [0.25, 0.3) is 0 Å². The van der Waals surface area contributed by atoms with Crippen LogP contribution >= 0.6 is 0 Å². The predicted molar refractivity (Wildman–Crippen MR) is 52.4 cm³/mol. The fourth-order valence-corrected chi connectivity index (χ4v) is 1.14. The highest BCUT2D eigenvalue weighted by molar-refractivity contribution is 5.82. The number of aliphatic hydroxyl groups excluding tert-OH is 1. The van der Waals surface area contributed by atoms with E-state index in [1.807, 2.05) is 0 Å². The Morgan fingerprint density at radius 2 is 2.07 bits per heavy atom. The van der Waals surface area contributed by atoms with Crippen LogP contribution in [0.3, 0.4) is 0 Å². The lowest BCUT2D eigenvalue weighted by Gasteiger charge is -2.17. The summed E-state index contributed by atoms with van der Waals surface area (Å²) in [6, 6.07) is -1.81. The largest absolute Gasteiger partial charge is 0.480 e. The summed E-state index contributed by atoms with van der Waals surface area (Å²) in [5, 5.41) is 22.5. The summed E-state index contributed by atoms with van der Waals surface area (Å²) in [4.78, 5) is 21.8. The van der Waals surface area contributed by atoms with Crippen molar-refractivity contribution < 1.29 is 19.8 Å². The standard InChI is InChI=1S/C9H16N2O4/c1-5(12)7(8(13)14)11-9(15)10-4-6-2-3-6/h5-7,12H,2-4H2,1H3,(H,13,14)(H2,10,11,15)/t5-,7+/m1/s1. The molecule has 2 amide bonds. The molecule has 86 valence electrons. The molecule has 1 aliphatic rings. The van der Waals surface area contributed by atoms with E-state index in [9.17, 15) is 9.59 Å². The summed E-state index contributed by atoms with van der Waals surface area (Å²) < 4.78 is 0. The highest BCUT2D eigenvalue weighted by atomic mass is 16.4. The second-order valence-corrected chi connectivity index (χ2v) is 3.85. The fraction of sp³-hybridized carbons (Fsp3) is 0.778.